The third-order valence-electron chi connectivity index (χ3n) is 3.03. The van der Waals surface area contributed by atoms with E-state index in [1.165, 1.54) is 6.07 Å². The summed E-state index contributed by atoms with van der Waals surface area (Å²) in [5, 5.41) is 1.99. The second-order valence-electron chi connectivity index (χ2n) is 4.10. The molecule has 0 saturated heterocycles. The third-order valence-corrected chi connectivity index (χ3v) is 4.08. The average molecular weight is 263 g/mol. The van der Waals surface area contributed by atoms with Gasteiger partial charge in [-0.3, -0.25) is 4.79 Å². The largest absolute Gasteiger partial charge is 0.364 e. The molecule has 2 rings (SSSR count). The first-order chi connectivity index (χ1) is 8.65. The minimum absolute atomic E-state index is 0.0283. The minimum atomic E-state index is -0.370. The first-order valence-electron chi connectivity index (χ1n) is 5.65. The van der Waals surface area contributed by atoms with Gasteiger partial charge in [0.05, 0.1) is 11.7 Å². The second-order valence-corrected chi connectivity index (χ2v) is 5.08. The van der Waals surface area contributed by atoms with E-state index in [4.69, 9.17) is 0 Å². The van der Waals surface area contributed by atoms with Gasteiger partial charge in [-0.2, -0.15) is 0 Å². The van der Waals surface area contributed by atoms with Gasteiger partial charge in [-0.1, -0.05) is 12.1 Å². The van der Waals surface area contributed by atoms with Crippen molar-refractivity contribution in [1.82, 2.24) is 0 Å². The van der Waals surface area contributed by atoms with Crippen molar-refractivity contribution in [3.63, 3.8) is 0 Å². The SMILES string of the molecule is CC(c1cccs1)N(C)c1c(F)cccc1C=O. The quantitative estimate of drug-likeness (QED) is 0.780. The maximum Gasteiger partial charge on any atom is 0.152 e. The van der Waals surface area contributed by atoms with E-state index in [1.54, 1.807) is 35.4 Å². The molecular formula is C14H14FNOS. The molecule has 0 N–H and O–H groups in total. The van der Waals surface area contributed by atoms with Gasteiger partial charge >= 0.3 is 0 Å². The van der Waals surface area contributed by atoms with Crippen LogP contribution in [0.15, 0.2) is 35.7 Å². The van der Waals surface area contributed by atoms with Crippen LogP contribution < -0.4 is 4.90 Å². The summed E-state index contributed by atoms with van der Waals surface area (Å²) < 4.78 is 13.9. The lowest BCUT2D eigenvalue weighted by Gasteiger charge is -2.27. The molecule has 1 atom stereocenters. The average Bonchev–Trinajstić information content (AvgIpc) is 2.90. The lowest BCUT2D eigenvalue weighted by atomic mass is 10.1. The smallest absolute Gasteiger partial charge is 0.152 e. The molecule has 1 aromatic carbocycles. The Morgan fingerprint density at radius 3 is 2.72 bits per heavy atom. The Balaban J connectivity index is 2.39. The summed E-state index contributed by atoms with van der Waals surface area (Å²) in [4.78, 5) is 13.9. The normalized spacial score (nSPS) is 12.2. The van der Waals surface area contributed by atoms with Crippen molar-refractivity contribution in [3.8, 4) is 0 Å². The van der Waals surface area contributed by atoms with Crippen LogP contribution in [0, 0.1) is 5.82 Å². The van der Waals surface area contributed by atoms with Crippen LogP contribution in [0.5, 0.6) is 0 Å². The van der Waals surface area contributed by atoms with E-state index in [1.807, 2.05) is 24.4 Å². The highest BCUT2D eigenvalue weighted by Crippen LogP contribution is 2.31. The van der Waals surface area contributed by atoms with Crippen LogP contribution in [0.1, 0.15) is 28.2 Å². The third kappa shape index (κ3) is 2.29. The summed E-state index contributed by atoms with van der Waals surface area (Å²) in [5.74, 6) is -0.370. The molecule has 4 heteroatoms. The second kappa shape index (κ2) is 5.31. The molecule has 0 aliphatic rings. The lowest BCUT2D eigenvalue weighted by molar-refractivity contribution is 0.112. The zero-order valence-corrected chi connectivity index (χ0v) is 11.1. The van der Waals surface area contributed by atoms with Crippen LogP contribution >= 0.6 is 11.3 Å². The molecule has 1 aromatic heterocycles. The first kappa shape index (κ1) is 12.8. The fraction of sp³-hybridized carbons (Fsp3) is 0.214. The predicted molar refractivity (Wildman–Crippen MR) is 72.9 cm³/mol. The zero-order valence-electron chi connectivity index (χ0n) is 10.3. The summed E-state index contributed by atoms with van der Waals surface area (Å²) in [6.07, 6.45) is 0.691. The van der Waals surface area contributed by atoms with E-state index in [0.29, 0.717) is 17.5 Å². The molecule has 0 radical (unpaired) electrons. The van der Waals surface area contributed by atoms with E-state index in [0.717, 1.165) is 4.88 Å². The number of para-hydroxylation sites is 1. The van der Waals surface area contributed by atoms with E-state index in [9.17, 15) is 9.18 Å². The summed E-state index contributed by atoms with van der Waals surface area (Å²) in [6.45, 7) is 1.99. The maximum atomic E-state index is 13.9. The molecular weight excluding hydrogens is 249 g/mol. The number of anilines is 1. The van der Waals surface area contributed by atoms with Crippen molar-refractivity contribution in [2.45, 2.75) is 13.0 Å². The molecule has 1 heterocycles. The summed E-state index contributed by atoms with van der Waals surface area (Å²) >= 11 is 1.62. The van der Waals surface area contributed by atoms with Gasteiger partial charge in [-0.25, -0.2) is 4.39 Å². The fourth-order valence-corrected chi connectivity index (χ4v) is 2.74. The molecule has 0 fully saturated rings. The molecule has 0 aliphatic carbocycles. The van der Waals surface area contributed by atoms with Gasteiger partial charge in [-0.15, -0.1) is 11.3 Å². The summed E-state index contributed by atoms with van der Waals surface area (Å²) in [7, 11) is 1.80. The van der Waals surface area contributed by atoms with E-state index < -0.39 is 0 Å². The van der Waals surface area contributed by atoms with Crippen molar-refractivity contribution in [2.24, 2.45) is 0 Å². The number of rotatable bonds is 4. The predicted octanol–water partition coefficient (Wildman–Crippen LogP) is 3.90. The molecule has 0 amide bonds. The van der Waals surface area contributed by atoms with E-state index in [2.05, 4.69) is 0 Å². The number of carbonyl (C=O) groups is 1. The topological polar surface area (TPSA) is 20.3 Å². The monoisotopic (exact) mass is 263 g/mol. The summed E-state index contributed by atoms with van der Waals surface area (Å²) in [6, 6.07) is 8.55. The van der Waals surface area contributed by atoms with Gasteiger partial charge < -0.3 is 4.90 Å². The minimum Gasteiger partial charge on any atom is -0.364 e. The number of hydrogen-bond donors (Lipinski definition) is 0. The Kier molecular flexibility index (Phi) is 3.77. The molecule has 1 unspecified atom stereocenters. The van der Waals surface area contributed by atoms with Crippen molar-refractivity contribution in [2.75, 3.05) is 11.9 Å². The number of halogens is 1. The van der Waals surface area contributed by atoms with Gasteiger partial charge in [0.15, 0.2) is 6.29 Å². The van der Waals surface area contributed by atoms with Crippen LogP contribution in [0.3, 0.4) is 0 Å². The highest BCUT2D eigenvalue weighted by atomic mass is 32.1. The van der Waals surface area contributed by atoms with E-state index in [-0.39, 0.29) is 11.9 Å². The van der Waals surface area contributed by atoms with Crippen LogP contribution in [-0.4, -0.2) is 13.3 Å². The standard InChI is InChI=1S/C14H14FNOS/c1-10(13-7-4-8-18-13)16(2)14-11(9-17)5-3-6-12(14)15/h3-10H,1-2H3. The van der Waals surface area contributed by atoms with Crippen LogP contribution in [0.2, 0.25) is 0 Å². The van der Waals surface area contributed by atoms with Gasteiger partial charge in [0.25, 0.3) is 0 Å². The van der Waals surface area contributed by atoms with Crippen LogP contribution in [-0.2, 0) is 0 Å². The number of carbonyl (C=O) groups excluding carboxylic acids is 1. The number of thiophene rings is 1. The van der Waals surface area contributed by atoms with Gasteiger partial charge in [-0.05, 0) is 30.5 Å². The fourth-order valence-electron chi connectivity index (χ4n) is 1.91. The van der Waals surface area contributed by atoms with Crippen molar-refractivity contribution < 1.29 is 9.18 Å². The zero-order chi connectivity index (χ0) is 13.1. The van der Waals surface area contributed by atoms with Gasteiger partial charge in [0.1, 0.15) is 5.82 Å². The Morgan fingerprint density at radius 1 is 1.33 bits per heavy atom. The van der Waals surface area contributed by atoms with Crippen molar-refractivity contribution >= 4 is 23.3 Å². The van der Waals surface area contributed by atoms with Gasteiger partial charge in [0, 0.05) is 17.5 Å². The molecule has 2 nitrogen and oxygen atoms in total. The van der Waals surface area contributed by atoms with Crippen molar-refractivity contribution in [3.05, 3.63) is 52.0 Å². The first-order valence-corrected chi connectivity index (χ1v) is 6.53. The molecule has 0 saturated carbocycles. The molecule has 2 aromatic rings. The van der Waals surface area contributed by atoms with Crippen molar-refractivity contribution in [1.29, 1.82) is 0 Å². The van der Waals surface area contributed by atoms with Crippen LogP contribution in [0.25, 0.3) is 0 Å². The van der Waals surface area contributed by atoms with Crippen LogP contribution in [0.4, 0.5) is 10.1 Å². The Hall–Kier alpha value is -1.68. The number of benzene rings is 1. The molecule has 0 bridgehead atoms. The number of hydrogen-bond acceptors (Lipinski definition) is 3. The highest BCUT2D eigenvalue weighted by Gasteiger charge is 2.19. The van der Waals surface area contributed by atoms with Gasteiger partial charge in [0.2, 0.25) is 0 Å². The number of aldehydes is 1. The lowest BCUT2D eigenvalue weighted by Crippen LogP contribution is -2.23. The Labute approximate surface area is 110 Å². The molecule has 18 heavy (non-hydrogen) atoms. The Morgan fingerprint density at radius 2 is 2.11 bits per heavy atom. The number of nitrogens with zero attached hydrogens (tertiary/aromatic N) is 1. The van der Waals surface area contributed by atoms with E-state index >= 15 is 0 Å². The summed E-state index contributed by atoms with van der Waals surface area (Å²) in [5.41, 5.74) is 0.731. The molecule has 0 spiro atoms. The maximum absolute atomic E-state index is 13.9. The molecule has 0 aliphatic heterocycles. The molecule has 94 valence electrons. The Bertz CT molecular complexity index is 539. The highest BCUT2D eigenvalue weighted by molar-refractivity contribution is 7.10.